The van der Waals surface area contributed by atoms with Crippen LogP contribution in [0.1, 0.15) is 18.4 Å². The molecular weight excluding hydrogens is 162 g/mol. The van der Waals surface area contributed by atoms with E-state index in [9.17, 15) is 0 Å². The molecule has 13 heavy (non-hydrogen) atoms. The Morgan fingerprint density at radius 2 is 2.38 bits per heavy atom. The number of hydrogen-bond acceptors (Lipinski definition) is 3. The van der Waals surface area contributed by atoms with Crippen molar-refractivity contribution in [2.75, 3.05) is 12.8 Å². The van der Waals surface area contributed by atoms with Gasteiger partial charge in [0.2, 0.25) is 0 Å². The summed E-state index contributed by atoms with van der Waals surface area (Å²) >= 11 is 0. The Morgan fingerprint density at radius 3 is 3.00 bits per heavy atom. The molecule has 0 radical (unpaired) electrons. The minimum atomic E-state index is 0.613. The van der Waals surface area contributed by atoms with Crippen LogP contribution in [0.2, 0.25) is 0 Å². The molecule has 0 atom stereocenters. The highest BCUT2D eigenvalue weighted by molar-refractivity contribution is 5.31. The maximum atomic E-state index is 5.60. The number of anilines is 1. The van der Waals surface area contributed by atoms with Gasteiger partial charge in [-0.05, 0) is 37.6 Å². The van der Waals surface area contributed by atoms with Gasteiger partial charge >= 0.3 is 0 Å². The van der Waals surface area contributed by atoms with E-state index in [1.165, 1.54) is 18.4 Å². The lowest BCUT2D eigenvalue weighted by Gasteiger charge is -2.15. The first kappa shape index (κ1) is 8.51. The minimum Gasteiger partial charge on any atom is -0.384 e. The van der Waals surface area contributed by atoms with E-state index in [1.807, 2.05) is 12.1 Å². The molecule has 0 saturated heterocycles. The summed E-state index contributed by atoms with van der Waals surface area (Å²) in [6.07, 6.45) is 4.46. The first-order chi connectivity index (χ1) is 6.25. The molecule has 0 spiro atoms. The predicted octanol–water partition coefficient (Wildman–Crippen LogP) is 1.26. The quantitative estimate of drug-likeness (QED) is 0.755. The first-order valence-electron chi connectivity index (χ1n) is 4.66. The van der Waals surface area contributed by atoms with Crippen molar-refractivity contribution < 1.29 is 0 Å². The molecule has 2 N–H and O–H groups in total. The normalized spacial score (nSPS) is 16.5. The van der Waals surface area contributed by atoms with Crippen molar-refractivity contribution in [2.45, 2.75) is 25.4 Å². The maximum absolute atomic E-state index is 5.60. The summed E-state index contributed by atoms with van der Waals surface area (Å²) < 4.78 is 0. The largest absolute Gasteiger partial charge is 0.384 e. The monoisotopic (exact) mass is 177 g/mol. The maximum Gasteiger partial charge on any atom is 0.123 e. The summed E-state index contributed by atoms with van der Waals surface area (Å²) in [5, 5.41) is 0. The summed E-state index contributed by atoms with van der Waals surface area (Å²) in [4.78, 5) is 6.34. The first-order valence-corrected chi connectivity index (χ1v) is 4.66. The molecule has 70 valence electrons. The number of rotatable bonds is 3. The van der Waals surface area contributed by atoms with Gasteiger partial charge in [-0.2, -0.15) is 0 Å². The molecule has 1 aliphatic carbocycles. The zero-order valence-electron chi connectivity index (χ0n) is 7.90. The molecular formula is C10H15N3. The van der Waals surface area contributed by atoms with Crippen molar-refractivity contribution in [1.82, 2.24) is 9.88 Å². The van der Waals surface area contributed by atoms with Gasteiger partial charge in [0.05, 0.1) is 0 Å². The lowest BCUT2D eigenvalue weighted by Crippen LogP contribution is -2.19. The number of pyridine rings is 1. The van der Waals surface area contributed by atoms with Crippen LogP contribution >= 0.6 is 0 Å². The van der Waals surface area contributed by atoms with Crippen molar-refractivity contribution in [1.29, 1.82) is 0 Å². The van der Waals surface area contributed by atoms with Crippen molar-refractivity contribution >= 4 is 5.82 Å². The van der Waals surface area contributed by atoms with Gasteiger partial charge in [-0.3, -0.25) is 4.90 Å². The zero-order valence-corrected chi connectivity index (χ0v) is 7.90. The average Bonchev–Trinajstić information content (AvgIpc) is 2.85. The second kappa shape index (κ2) is 3.34. The molecule has 1 aliphatic rings. The van der Waals surface area contributed by atoms with Gasteiger partial charge in [-0.15, -0.1) is 0 Å². The Kier molecular flexibility index (Phi) is 2.19. The minimum absolute atomic E-state index is 0.613. The number of hydrogen-bond donors (Lipinski definition) is 1. The summed E-state index contributed by atoms with van der Waals surface area (Å²) in [5.41, 5.74) is 6.85. The Labute approximate surface area is 78.6 Å². The third-order valence-electron chi connectivity index (χ3n) is 2.45. The van der Waals surface area contributed by atoms with Crippen LogP contribution in [0.15, 0.2) is 18.3 Å². The van der Waals surface area contributed by atoms with Crippen LogP contribution in [0.3, 0.4) is 0 Å². The third-order valence-corrected chi connectivity index (χ3v) is 2.45. The van der Waals surface area contributed by atoms with Crippen molar-refractivity contribution in [3.63, 3.8) is 0 Å². The molecule has 1 aromatic heterocycles. The van der Waals surface area contributed by atoms with Crippen molar-refractivity contribution in [3.8, 4) is 0 Å². The molecule has 1 heterocycles. The Morgan fingerprint density at radius 1 is 1.62 bits per heavy atom. The molecule has 0 unspecified atom stereocenters. The van der Waals surface area contributed by atoms with E-state index in [1.54, 1.807) is 6.20 Å². The summed E-state index contributed by atoms with van der Waals surface area (Å²) in [6, 6.07) is 4.77. The van der Waals surface area contributed by atoms with E-state index < -0.39 is 0 Å². The van der Waals surface area contributed by atoms with Crippen molar-refractivity contribution in [2.24, 2.45) is 0 Å². The molecule has 1 aromatic rings. The molecule has 1 fully saturated rings. The van der Waals surface area contributed by atoms with E-state index in [0.717, 1.165) is 12.6 Å². The fourth-order valence-corrected chi connectivity index (χ4v) is 1.53. The van der Waals surface area contributed by atoms with Gasteiger partial charge in [-0.25, -0.2) is 4.98 Å². The molecule has 3 heteroatoms. The molecule has 1 saturated carbocycles. The number of aromatic nitrogens is 1. The van der Waals surface area contributed by atoms with Crippen LogP contribution in [-0.2, 0) is 6.54 Å². The second-order valence-corrected chi connectivity index (χ2v) is 3.74. The number of nitrogens with zero attached hydrogens (tertiary/aromatic N) is 2. The Bertz CT molecular complexity index is 294. The Hall–Kier alpha value is -1.09. The van der Waals surface area contributed by atoms with Crippen LogP contribution in [0.5, 0.6) is 0 Å². The third kappa shape index (κ3) is 2.18. The second-order valence-electron chi connectivity index (χ2n) is 3.74. The summed E-state index contributed by atoms with van der Waals surface area (Å²) in [6.45, 7) is 0.984. The van der Waals surface area contributed by atoms with E-state index in [0.29, 0.717) is 5.82 Å². The summed E-state index contributed by atoms with van der Waals surface area (Å²) in [7, 11) is 2.16. The Balaban J connectivity index is 2.00. The van der Waals surface area contributed by atoms with Crippen LogP contribution in [-0.4, -0.2) is 23.0 Å². The lowest BCUT2D eigenvalue weighted by molar-refractivity contribution is 0.316. The summed E-state index contributed by atoms with van der Waals surface area (Å²) in [5.74, 6) is 0.613. The van der Waals surface area contributed by atoms with Gasteiger partial charge < -0.3 is 5.73 Å². The van der Waals surface area contributed by atoms with Crippen LogP contribution in [0.25, 0.3) is 0 Å². The molecule has 0 bridgehead atoms. The van der Waals surface area contributed by atoms with Crippen molar-refractivity contribution in [3.05, 3.63) is 23.9 Å². The van der Waals surface area contributed by atoms with Gasteiger partial charge in [0.1, 0.15) is 5.82 Å². The van der Waals surface area contributed by atoms with Crippen LogP contribution in [0, 0.1) is 0 Å². The van der Waals surface area contributed by atoms with Gasteiger partial charge in [-0.1, -0.05) is 0 Å². The fraction of sp³-hybridized carbons (Fsp3) is 0.500. The highest BCUT2D eigenvalue weighted by atomic mass is 15.1. The smallest absolute Gasteiger partial charge is 0.123 e. The van der Waals surface area contributed by atoms with Crippen LogP contribution < -0.4 is 5.73 Å². The molecule has 3 nitrogen and oxygen atoms in total. The fourth-order valence-electron chi connectivity index (χ4n) is 1.53. The predicted molar refractivity (Wildman–Crippen MR) is 53.1 cm³/mol. The van der Waals surface area contributed by atoms with E-state index in [-0.39, 0.29) is 0 Å². The van der Waals surface area contributed by atoms with Gasteiger partial charge in [0.15, 0.2) is 0 Å². The highest BCUT2D eigenvalue weighted by Gasteiger charge is 2.25. The highest BCUT2D eigenvalue weighted by Crippen LogP contribution is 2.26. The topological polar surface area (TPSA) is 42.2 Å². The van der Waals surface area contributed by atoms with E-state index in [2.05, 4.69) is 16.9 Å². The standard InChI is InChI=1S/C10H15N3/c1-13(9-2-3-9)7-8-4-5-12-10(11)6-8/h4-6,9H,2-3,7H2,1H3,(H2,11,12). The average molecular weight is 177 g/mol. The lowest BCUT2D eigenvalue weighted by atomic mass is 10.2. The molecule has 2 rings (SSSR count). The van der Waals surface area contributed by atoms with E-state index in [4.69, 9.17) is 5.73 Å². The van der Waals surface area contributed by atoms with Gasteiger partial charge in [0, 0.05) is 18.8 Å². The van der Waals surface area contributed by atoms with Crippen LogP contribution in [0.4, 0.5) is 5.82 Å². The molecule has 0 aromatic carbocycles. The zero-order chi connectivity index (χ0) is 9.26. The number of nitrogens with two attached hydrogens (primary N) is 1. The number of nitrogen functional groups attached to an aromatic ring is 1. The van der Waals surface area contributed by atoms with E-state index >= 15 is 0 Å². The van der Waals surface area contributed by atoms with Gasteiger partial charge in [0.25, 0.3) is 0 Å². The molecule has 0 aliphatic heterocycles. The SMILES string of the molecule is CN(Cc1ccnc(N)c1)C1CC1. The molecule has 0 amide bonds.